The van der Waals surface area contributed by atoms with Gasteiger partial charge in [0, 0.05) is 5.02 Å². The maximum absolute atomic E-state index is 9.23. The topological polar surface area (TPSA) is 45.0 Å². The Morgan fingerprint density at radius 1 is 1.33 bits per heavy atom. The van der Waals surface area contributed by atoms with Gasteiger partial charge < -0.3 is 10.1 Å². The lowest BCUT2D eigenvalue weighted by molar-refractivity contribution is 0.410. The summed E-state index contributed by atoms with van der Waals surface area (Å²) < 4.78 is 5.42. The Balaban J connectivity index is 1.91. The van der Waals surface area contributed by atoms with Crippen LogP contribution >= 0.6 is 11.6 Å². The highest BCUT2D eigenvalue weighted by Gasteiger charge is 2.25. The van der Waals surface area contributed by atoms with Gasteiger partial charge in [-0.25, -0.2) is 0 Å². The molecule has 4 heteroatoms. The zero-order valence-electron chi connectivity index (χ0n) is 11.7. The van der Waals surface area contributed by atoms with Crippen LogP contribution < -0.4 is 10.1 Å². The van der Waals surface area contributed by atoms with E-state index in [0.29, 0.717) is 10.6 Å². The summed E-state index contributed by atoms with van der Waals surface area (Å²) in [6.07, 6.45) is 1.97. The van der Waals surface area contributed by atoms with Crippen molar-refractivity contribution in [3.8, 4) is 11.8 Å². The molecule has 1 aliphatic rings. The molecule has 3 rings (SSSR count). The molecule has 1 aliphatic carbocycles. The van der Waals surface area contributed by atoms with E-state index in [-0.39, 0.29) is 6.04 Å². The maximum atomic E-state index is 9.23. The Morgan fingerprint density at radius 3 is 2.95 bits per heavy atom. The summed E-state index contributed by atoms with van der Waals surface area (Å²) in [5.74, 6) is 0.938. The van der Waals surface area contributed by atoms with E-state index in [2.05, 4.69) is 17.5 Å². The number of fused-ring (bicyclic) bond motifs is 1. The number of nitrogens with one attached hydrogen (secondary N) is 1. The first-order chi connectivity index (χ1) is 10.2. The Kier molecular flexibility index (Phi) is 3.72. The number of methoxy groups -OCH3 is 1. The number of hydrogen-bond donors (Lipinski definition) is 1. The number of nitriles is 1. The van der Waals surface area contributed by atoms with Gasteiger partial charge in [-0.1, -0.05) is 23.7 Å². The zero-order chi connectivity index (χ0) is 14.8. The van der Waals surface area contributed by atoms with Gasteiger partial charge in [0.2, 0.25) is 0 Å². The maximum Gasteiger partial charge on any atom is 0.122 e. The lowest BCUT2D eigenvalue weighted by atomic mass is 10.1. The summed E-state index contributed by atoms with van der Waals surface area (Å²) in [4.78, 5) is 0. The third-order valence-electron chi connectivity index (χ3n) is 3.88. The number of benzene rings is 2. The molecule has 0 amide bonds. The number of anilines is 1. The van der Waals surface area contributed by atoms with Crippen LogP contribution in [-0.4, -0.2) is 7.11 Å². The zero-order valence-corrected chi connectivity index (χ0v) is 12.4. The van der Waals surface area contributed by atoms with E-state index in [0.717, 1.165) is 24.3 Å². The fourth-order valence-electron chi connectivity index (χ4n) is 2.88. The minimum absolute atomic E-state index is 0.198. The first-order valence-corrected chi connectivity index (χ1v) is 7.22. The smallest absolute Gasteiger partial charge is 0.122 e. The van der Waals surface area contributed by atoms with Crippen molar-refractivity contribution in [1.82, 2.24) is 0 Å². The first kappa shape index (κ1) is 13.8. The standard InChI is InChI=1S/C17H15ClN2O/c1-21-17-4-2-3-13-14(17)6-8-16(13)20-15-7-5-12(18)9-11(15)10-19/h2-5,7,9,16,20H,6,8H2,1H3. The fraction of sp³-hybridized carbons (Fsp3) is 0.235. The summed E-state index contributed by atoms with van der Waals surface area (Å²) >= 11 is 5.94. The largest absolute Gasteiger partial charge is 0.496 e. The molecular formula is C17H15ClN2O. The summed E-state index contributed by atoms with van der Waals surface area (Å²) in [5.41, 5.74) is 3.89. The van der Waals surface area contributed by atoms with Gasteiger partial charge in [-0.3, -0.25) is 0 Å². The van der Waals surface area contributed by atoms with E-state index < -0.39 is 0 Å². The van der Waals surface area contributed by atoms with E-state index in [1.54, 1.807) is 19.2 Å². The molecular weight excluding hydrogens is 284 g/mol. The SMILES string of the molecule is COc1cccc2c1CCC2Nc1ccc(Cl)cc1C#N. The average Bonchev–Trinajstić information content (AvgIpc) is 2.92. The van der Waals surface area contributed by atoms with Crippen molar-refractivity contribution in [3.63, 3.8) is 0 Å². The van der Waals surface area contributed by atoms with Crippen molar-refractivity contribution in [2.24, 2.45) is 0 Å². The molecule has 0 spiro atoms. The molecule has 2 aromatic rings. The number of hydrogen-bond acceptors (Lipinski definition) is 3. The highest BCUT2D eigenvalue weighted by atomic mass is 35.5. The van der Waals surface area contributed by atoms with Crippen LogP contribution in [0.4, 0.5) is 5.69 Å². The highest BCUT2D eigenvalue weighted by Crippen LogP contribution is 2.39. The molecule has 1 atom stereocenters. The minimum Gasteiger partial charge on any atom is -0.496 e. The van der Waals surface area contributed by atoms with Gasteiger partial charge in [0.15, 0.2) is 0 Å². The van der Waals surface area contributed by atoms with Crippen LogP contribution in [0.2, 0.25) is 5.02 Å². The van der Waals surface area contributed by atoms with Crippen LogP contribution in [0.15, 0.2) is 36.4 Å². The van der Waals surface area contributed by atoms with Gasteiger partial charge >= 0.3 is 0 Å². The molecule has 1 N–H and O–H groups in total. The quantitative estimate of drug-likeness (QED) is 0.918. The third kappa shape index (κ3) is 2.55. The molecule has 0 fully saturated rings. The Bertz CT molecular complexity index is 721. The van der Waals surface area contributed by atoms with Gasteiger partial charge in [0.05, 0.1) is 24.4 Å². The molecule has 106 valence electrons. The first-order valence-electron chi connectivity index (χ1n) is 6.85. The van der Waals surface area contributed by atoms with Gasteiger partial charge in [0.1, 0.15) is 11.8 Å². The van der Waals surface area contributed by atoms with Crippen LogP contribution in [0.25, 0.3) is 0 Å². The molecule has 2 aromatic carbocycles. The Morgan fingerprint density at radius 2 is 2.19 bits per heavy atom. The average molecular weight is 299 g/mol. The summed E-state index contributed by atoms with van der Waals surface area (Å²) in [7, 11) is 1.70. The van der Waals surface area contributed by atoms with E-state index in [1.165, 1.54) is 11.1 Å². The molecule has 1 unspecified atom stereocenters. The van der Waals surface area contributed by atoms with Gasteiger partial charge in [0.25, 0.3) is 0 Å². The predicted octanol–water partition coefficient (Wildman–Crippen LogP) is 4.32. The highest BCUT2D eigenvalue weighted by molar-refractivity contribution is 6.30. The Hall–Kier alpha value is -2.18. The number of nitrogens with zero attached hydrogens (tertiary/aromatic N) is 1. The molecule has 0 saturated heterocycles. The van der Waals surface area contributed by atoms with Crippen molar-refractivity contribution in [3.05, 3.63) is 58.1 Å². The van der Waals surface area contributed by atoms with Gasteiger partial charge in [-0.05, 0) is 48.2 Å². The number of rotatable bonds is 3. The van der Waals surface area contributed by atoms with E-state index in [1.807, 2.05) is 18.2 Å². The second-order valence-corrected chi connectivity index (χ2v) is 5.50. The number of halogens is 1. The lowest BCUT2D eigenvalue weighted by Gasteiger charge is -2.17. The monoisotopic (exact) mass is 298 g/mol. The normalized spacial score (nSPS) is 16.1. The van der Waals surface area contributed by atoms with Gasteiger partial charge in [-0.15, -0.1) is 0 Å². The van der Waals surface area contributed by atoms with Crippen molar-refractivity contribution < 1.29 is 4.74 Å². The second kappa shape index (κ2) is 5.67. The molecule has 0 aromatic heterocycles. The fourth-order valence-corrected chi connectivity index (χ4v) is 3.06. The Labute approximate surface area is 129 Å². The van der Waals surface area contributed by atoms with Crippen molar-refractivity contribution in [1.29, 1.82) is 5.26 Å². The lowest BCUT2D eigenvalue weighted by Crippen LogP contribution is -2.08. The van der Waals surface area contributed by atoms with Gasteiger partial charge in [-0.2, -0.15) is 5.26 Å². The van der Waals surface area contributed by atoms with Crippen LogP contribution in [0, 0.1) is 11.3 Å². The van der Waals surface area contributed by atoms with Crippen molar-refractivity contribution in [2.45, 2.75) is 18.9 Å². The summed E-state index contributed by atoms with van der Waals surface area (Å²) in [6.45, 7) is 0. The molecule has 0 radical (unpaired) electrons. The van der Waals surface area contributed by atoms with Crippen LogP contribution in [0.1, 0.15) is 29.2 Å². The van der Waals surface area contributed by atoms with Crippen LogP contribution in [0.5, 0.6) is 5.75 Å². The van der Waals surface area contributed by atoms with Crippen LogP contribution in [0.3, 0.4) is 0 Å². The number of ether oxygens (including phenoxy) is 1. The summed E-state index contributed by atoms with van der Waals surface area (Å²) in [6, 6.07) is 13.8. The molecule has 0 aliphatic heterocycles. The summed E-state index contributed by atoms with van der Waals surface area (Å²) in [5, 5.41) is 13.3. The molecule has 0 bridgehead atoms. The predicted molar refractivity (Wildman–Crippen MR) is 83.8 cm³/mol. The molecule has 21 heavy (non-hydrogen) atoms. The minimum atomic E-state index is 0.198. The second-order valence-electron chi connectivity index (χ2n) is 5.07. The van der Waals surface area contributed by atoms with E-state index in [4.69, 9.17) is 16.3 Å². The third-order valence-corrected chi connectivity index (χ3v) is 4.11. The molecule has 3 nitrogen and oxygen atoms in total. The van der Waals surface area contributed by atoms with E-state index in [9.17, 15) is 5.26 Å². The van der Waals surface area contributed by atoms with Crippen molar-refractivity contribution >= 4 is 17.3 Å². The van der Waals surface area contributed by atoms with Crippen LogP contribution in [-0.2, 0) is 6.42 Å². The van der Waals surface area contributed by atoms with E-state index >= 15 is 0 Å². The molecule has 0 heterocycles. The molecule has 0 saturated carbocycles. The van der Waals surface area contributed by atoms with Crippen molar-refractivity contribution in [2.75, 3.05) is 12.4 Å².